The summed E-state index contributed by atoms with van der Waals surface area (Å²) in [6.07, 6.45) is -5.09. The smallest absolute Gasteiger partial charge is 0.279 e. The number of halogens is 7. The van der Waals surface area contributed by atoms with E-state index in [1.807, 2.05) is 0 Å². The molecular weight excluding hydrogens is 517 g/mol. The van der Waals surface area contributed by atoms with Gasteiger partial charge in [-0.2, -0.15) is 13.2 Å². The van der Waals surface area contributed by atoms with E-state index in [4.69, 9.17) is 0 Å². The summed E-state index contributed by atoms with van der Waals surface area (Å²) in [7, 11) is -9.77. The standard InChI is InChI=1S/C19H11F7N2O4S2/c20-11-1-3-17(15(22)7-11)33(29,30)27-13-5-10(19(24,25)26)6-14(9-13)28-34(31,32)18-4-2-12(21)8-16(18)23/h1-9,27-28H. The molecule has 0 aliphatic rings. The van der Waals surface area contributed by atoms with Gasteiger partial charge in [-0.1, -0.05) is 0 Å². The minimum absolute atomic E-state index is 0.234. The first-order valence-corrected chi connectivity index (χ1v) is 11.7. The number of anilines is 2. The van der Waals surface area contributed by atoms with Crippen molar-refractivity contribution in [2.24, 2.45) is 0 Å². The number of nitrogens with one attached hydrogen (secondary N) is 2. The molecule has 0 aromatic heterocycles. The molecule has 34 heavy (non-hydrogen) atoms. The first-order chi connectivity index (χ1) is 15.6. The molecule has 0 radical (unpaired) electrons. The predicted molar refractivity (Wildman–Crippen MR) is 106 cm³/mol. The summed E-state index contributed by atoms with van der Waals surface area (Å²) in [4.78, 5) is -2.19. The average Bonchev–Trinajstić information content (AvgIpc) is 2.65. The van der Waals surface area contributed by atoms with Gasteiger partial charge in [0.15, 0.2) is 0 Å². The maximum Gasteiger partial charge on any atom is 0.416 e. The fourth-order valence-corrected chi connectivity index (χ4v) is 4.92. The van der Waals surface area contributed by atoms with Crippen molar-refractivity contribution in [3.63, 3.8) is 0 Å². The molecule has 182 valence electrons. The Balaban J connectivity index is 2.05. The summed E-state index contributed by atoms with van der Waals surface area (Å²) in [5, 5.41) is 0. The molecule has 2 N–H and O–H groups in total. The Morgan fingerprint density at radius 3 is 1.29 bits per heavy atom. The maximum absolute atomic E-state index is 13.9. The van der Waals surface area contributed by atoms with Gasteiger partial charge < -0.3 is 0 Å². The first kappa shape index (κ1) is 25.3. The van der Waals surface area contributed by atoms with Crippen LogP contribution in [0.3, 0.4) is 0 Å². The van der Waals surface area contributed by atoms with Gasteiger partial charge in [-0.3, -0.25) is 9.44 Å². The van der Waals surface area contributed by atoms with Gasteiger partial charge in [-0.15, -0.1) is 0 Å². The third-order valence-corrected chi connectivity index (χ3v) is 6.96. The molecule has 0 aliphatic carbocycles. The molecule has 0 atom stereocenters. The minimum atomic E-state index is -5.09. The van der Waals surface area contributed by atoms with Crippen molar-refractivity contribution in [2.45, 2.75) is 16.0 Å². The van der Waals surface area contributed by atoms with Crippen LogP contribution in [0.1, 0.15) is 5.56 Å². The normalized spacial score (nSPS) is 12.4. The van der Waals surface area contributed by atoms with Crippen LogP contribution in [0, 0.1) is 23.3 Å². The lowest BCUT2D eigenvalue weighted by atomic mass is 10.2. The van der Waals surface area contributed by atoms with Crippen LogP contribution < -0.4 is 9.44 Å². The van der Waals surface area contributed by atoms with E-state index in [1.165, 1.54) is 0 Å². The van der Waals surface area contributed by atoms with Crippen LogP contribution in [0.2, 0.25) is 0 Å². The number of hydrogen-bond acceptors (Lipinski definition) is 4. The van der Waals surface area contributed by atoms with Crippen LogP contribution in [0.25, 0.3) is 0 Å². The summed E-state index contributed by atoms with van der Waals surface area (Å²) in [6.45, 7) is 0. The van der Waals surface area contributed by atoms with E-state index in [2.05, 4.69) is 0 Å². The molecular formula is C19H11F7N2O4S2. The Labute approximate surface area is 188 Å². The summed E-state index contributed by atoms with van der Waals surface area (Å²) >= 11 is 0. The molecule has 0 heterocycles. The lowest BCUT2D eigenvalue weighted by Crippen LogP contribution is -2.18. The van der Waals surface area contributed by atoms with Gasteiger partial charge in [0.05, 0.1) is 16.9 Å². The first-order valence-electron chi connectivity index (χ1n) is 8.76. The third kappa shape index (κ3) is 5.59. The van der Waals surface area contributed by atoms with Crippen LogP contribution in [0.5, 0.6) is 0 Å². The number of benzene rings is 3. The van der Waals surface area contributed by atoms with E-state index in [0.717, 1.165) is 0 Å². The van der Waals surface area contributed by atoms with Crippen LogP contribution in [0.4, 0.5) is 42.1 Å². The van der Waals surface area contributed by atoms with Crippen LogP contribution in [0.15, 0.2) is 64.4 Å². The Bertz CT molecular complexity index is 1370. The van der Waals surface area contributed by atoms with E-state index in [-0.39, 0.29) is 24.3 Å². The summed E-state index contributed by atoms with van der Waals surface area (Å²) in [5.41, 5.74) is -3.23. The number of rotatable bonds is 6. The second-order valence-electron chi connectivity index (χ2n) is 6.66. The zero-order chi connectivity index (χ0) is 25.5. The van der Waals surface area contributed by atoms with Gasteiger partial charge in [0, 0.05) is 12.1 Å². The molecule has 0 aliphatic heterocycles. The molecule has 0 unspecified atom stereocenters. The second kappa shape index (κ2) is 8.79. The molecule has 3 aromatic carbocycles. The number of hydrogen-bond donors (Lipinski definition) is 2. The Morgan fingerprint density at radius 1 is 0.588 bits per heavy atom. The van der Waals surface area contributed by atoms with Crippen molar-refractivity contribution in [1.29, 1.82) is 0 Å². The van der Waals surface area contributed by atoms with E-state index in [0.29, 0.717) is 30.3 Å². The highest BCUT2D eigenvalue weighted by molar-refractivity contribution is 7.93. The monoisotopic (exact) mass is 528 g/mol. The van der Waals surface area contributed by atoms with E-state index < -0.39 is 76.2 Å². The quantitative estimate of drug-likeness (QED) is 0.447. The molecule has 3 aromatic rings. The molecule has 6 nitrogen and oxygen atoms in total. The summed E-state index contributed by atoms with van der Waals surface area (Å²) in [6, 6.07) is 3.90. The highest BCUT2D eigenvalue weighted by Gasteiger charge is 2.32. The average molecular weight is 528 g/mol. The van der Waals surface area contributed by atoms with Crippen molar-refractivity contribution < 1.29 is 47.6 Å². The van der Waals surface area contributed by atoms with Crippen LogP contribution in [-0.2, 0) is 26.2 Å². The molecule has 3 rings (SSSR count). The van der Waals surface area contributed by atoms with Gasteiger partial charge in [0.1, 0.15) is 33.1 Å². The largest absolute Gasteiger partial charge is 0.416 e. The lowest BCUT2D eigenvalue weighted by Gasteiger charge is -2.15. The van der Waals surface area contributed by atoms with E-state index >= 15 is 0 Å². The molecule has 0 spiro atoms. The fraction of sp³-hybridized carbons (Fsp3) is 0.0526. The van der Waals surface area contributed by atoms with Gasteiger partial charge in [-0.05, 0) is 42.5 Å². The maximum atomic E-state index is 13.9. The second-order valence-corrected chi connectivity index (χ2v) is 9.96. The van der Waals surface area contributed by atoms with E-state index in [1.54, 1.807) is 9.44 Å². The van der Waals surface area contributed by atoms with Crippen molar-refractivity contribution in [3.05, 3.63) is 83.4 Å². The zero-order valence-electron chi connectivity index (χ0n) is 16.3. The Morgan fingerprint density at radius 2 is 0.971 bits per heavy atom. The number of sulfonamides is 2. The van der Waals surface area contributed by atoms with Gasteiger partial charge in [0.2, 0.25) is 0 Å². The Kier molecular flexibility index (Phi) is 6.54. The minimum Gasteiger partial charge on any atom is -0.279 e. The third-order valence-electron chi connectivity index (χ3n) is 4.13. The van der Waals surface area contributed by atoms with Gasteiger partial charge >= 0.3 is 6.18 Å². The van der Waals surface area contributed by atoms with E-state index in [9.17, 15) is 47.6 Å². The highest BCUT2D eigenvalue weighted by Crippen LogP contribution is 2.35. The van der Waals surface area contributed by atoms with Crippen molar-refractivity contribution in [3.8, 4) is 0 Å². The zero-order valence-corrected chi connectivity index (χ0v) is 17.9. The highest BCUT2D eigenvalue weighted by atomic mass is 32.2. The van der Waals surface area contributed by atoms with Crippen LogP contribution in [-0.4, -0.2) is 16.8 Å². The fourth-order valence-electron chi connectivity index (χ4n) is 2.72. The van der Waals surface area contributed by atoms with Crippen molar-refractivity contribution >= 4 is 31.4 Å². The van der Waals surface area contributed by atoms with Gasteiger partial charge in [0.25, 0.3) is 20.0 Å². The van der Waals surface area contributed by atoms with Gasteiger partial charge in [-0.25, -0.2) is 34.4 Å². The Hall–Kier alpha value is -3.33. The molecule has 0 fully saturated rings. The summed E-state index contributed by atoms with van der Waals surface area (Å²) in [5.74, 6) is -5.29. The number of alkyl halides is 3. The summed E-state index contributed by atoms with van der Waals surface area (Å²) < 4.78 is 147. The van der Waals surface area contributed by atoms with Crippen molar-refractivity contribution in [2.75, 3.05) is 9.44 Å². The predicted octanol–water partition coefficient (Wildman–Crippen LogP) is 4.86. The molecule has 0 bridgehead atoms. The SMILES string of the molecule is O=S(=O)(Nc1cc(NS(=O)(=O)c2ccc(F)cc2F)cc(C(F)(F)F)c1)c1ccc(F)cc1F. The molecule has 0 amide bonds. The molecule has 15 heteroatoms. The molecule has 0 saturated heterocycles. The van der Waals surface area contributed by atoms with Crippen molar-refractivity contribution in [1.82, 2.24) is 0 Å². The topological polar surface area (TPSA) is 92.3 Å². The molecule has 0 saturated carbocycles. The lowest BCUT2D eigenvalue weighted by molar-refractivity contribution is -0.137. The van der Waals surface area contributed by atoms with Crippen LogP contribution >= 0.6 is 0 Å².